The molecule has 0 radical (unpaired) electrons. The van der Waals surface area contributed by atoms with Crippen molar-refractivity contribution in [3.05, 3.63) is 51.2 Å². The van der Waals surface area contributed by atoms with E-state index in [0.29, 0.717) is 20.8 Å². The summed E-state index contributed by atoms with van der Waals surface area (Å²) in [6.07, 6.45) is 1.35. The van der Waals surface area contributed by atoms with E-state index in [-0.39, 0.29) is 6.42 Å². The van der Waals surface area contributed by atoms with Gasteiger partial charge in [-0.1, -0.05) is 40.9 Å². The molecule has 2 rings (SSSR count). The van der Waals surface area contributed by atoms with Gasteiger partial charge in [-0.3, -0.25) is 9.78 Å². The third-order valence-corrected chi connectivity index (χ3v) is 3.56. The van der Waals surface area contributed by atoms with Crippen molar-refractivity contribution in [1.82, 2.24) is 4.98 Å². The van der Waals surface area contributed by atoms with Crippen LogP contribution in [0.3, 0.4) is 0 Å². The molecule has 2 aromatic rings. The first-order valence-electron chi connectivity index (χ1n) is 5.29. The maximum Gasteiger partial charge on any atom is 0.309 e. The van der Waals surface area contributed by atoms with E-state index in [1.54, 1.807) is 30.5 Å². The van der Waals surface area contributed by atoms with Gasteiger partial charge in [0.25, 0.3) is 0 Å². The van der Waals surface area contributed by atoms with Gasteiger partial charge in [-0.2, -0.15) is 0 Å². The maximum atomic E-state index is 10.6. The van der Waals surface area contributed by atoms with Crippen LogP contribution in [0.15, 0.2) is 30.5 Å². The quantitative estimate of drug-likeness (QED) is 0.916. The van der Waals surface area contributed by atoms with Crippen molar-refractivity contribution in [2.45, 2.75) is 6.42 Å². The highest BCUT2D eigenvalue weighted by atomic mass is 35.5. The highest BCUT2D eigenvalue weighted by Gasteiger charge is 2.09. The number of halogens is 3. The smallest absolute Gasteiger partial charge is 0.309 e. The minimum absolute atomic E-state index is 0.208. The van der Waals surface area contributed by atoms with Crippen LogP contribution >= 0.6 is 34.8 Å². The van der Waals surface area contributed by atoms with Gasteiger partial charge in [0.2, 0.25) is 0 Å². The number of hydrogen-bond donors (Lipinski definition) is 1. The molecule has 1 heterocycles. The van der Waals surface area contributed by atoms with Crippen LogP contribution in [0.1, 0.15) is 5.69 Å². The van der Waals surface area contributed by atoms with E-state index in [0.717, 1.165) is 11.1 Å². The van der Waals surface area contributed by atoms with Gasteiger partial charge in [-0.15, -0.1) is 0 Å². The third kappa shape index (κ3) is 3.38. The molecule has 1 aromatic carbocycles. The molecule has 0 atom stereocenters. The minimum atomic E-state index is -0.975. The summed E-state index contributed by atoms with van der Waals surface area (Å²) in [5.74, 6) is -0.975. The van der Waals surface area contributed by atoms with Gasteiger partial charge in [-0.25, -0.2) is 0 Å². The molecule has 19 heavy (non-hydrogen) atoms. The average Bonchev–Trinajstić information content (AvgIpc) is 2.35. The SMILES string of the molecule is O=C(O)Cc1ncc(-c2ccc(Cl)c(Cl)c2)cc1Cl. The Hall–Kier alpha value is -1.29. The minimum Gasteiger partial charge on any atom is -0.481 e. The molecule has 6 heteroatoms. The molecule has 0 aliphatic rings. The van der Waals surface area contributed by atoms with E-state index < -0.39 is 5.97 Å². The summed E-state index contributed by atoms with van der Waals surface area (Å²) in [6.45, 7) is 0. The van der Waals surface area contributed by atoms with Crippen molar-refractivity contribution in [1.29, 1.82) is 0 Å². The first kappa shape index (κ1) is 14.1. The first-order valence-corrected chi connectivity index (χ1v) is 6.42. The summed E-state index contributed by atoms with van der Waals surface area (Å²) in [6, 6.07) is 6.83. The molecular formula is C13H8Cl3NO2. The molecule has 0 unspecified atom stereocenters. The Labute approximate surface area is 124 Å². The van der Waals surface area contributed by atoms with Crippen LogP contribution in [0, 0.1) is 0 Å². The van der Waals surface area contributed by atoms with Crippen LogP contribution in [0.5, 0.6) is 0 Å². The van der Waals surface area contributed by atoms with E-state index in [1.807, 2.05) is 0 Å². The second kappa shape index (κ2) is 5.78. The standard InChI is InChI=1S/C13H8Cl3NO2/c14-9-2-1-7(3-10(9)15)8-4-11(16)12(17-6-8)5-13(18)19/h1-4,6H,5H2,(H,18,19). The van der Waals surface area contributed by atoms with Crippen LogP contribution in [0.25, 0.3) is 11.1 Å². The number of aliphatic carboxylic acids is 1. The molecule has 0 saturated carbocycles. The van der Waals surface area contributed by atoms with Crippen molar-refractivity contribution in [2.75, 3.05) is 0 Å². The number of carbonyl (C=O) groups is 1. The van der Waals surface area contributed by atoms with E-state index in [4.69, 9.17) is 39.9 Å². The van der Waals surface area contributed by atoms with Gasteiger partial charge in [-0.05, 0) is 23.8 Å². The number of rotatable bonds is 3. The topological polar surface area (TPSA) is 50.2 Å². The highest BCUT2D eigenvalue weighted by Crippen LogP contribution is 2.30. The molecule has 0 spiro atoms. The molecule has 0 bridgehead atoms. The summed E-state index contributed by atoms with van der Waals surface area (Å²) in [5, 5.41) is 9.92. The van der Waals surface area contributed by atoms with Gasteiger partial charge in [0.05, 0.1) is 27.2 Å². The Morgan fingerprint density at radius 1 is 1.05 bits per heavy atom. The van der Waals surface area contributed by atoms with Crippen LogP contribution in [0.4, 0.5) is 0 Å². The Morgan fingerprint density at radius 2 is 1.74 bits per heavy atom. The van der Waals surface area contributed by atoms with Crippen molar-refractivity contribution < 1.29 is 9.90 Å². The van der Waals surface area contributed by atoms with Crippen LogP contribution in [-0.4, -0.2) is 16.1 Å². The fourth-order valence-electron chi connectivity index (χ4n) is 1.57. The summed E-state index contributed by atoms with van der Waals surface area (Å²) in [5.41, 5.74) is 1.89. The van der Waals surface area contributed by atoms with Crippen LogP contribution in [-0.2, 0) is 11.2 Å². The van der Waals surface area contributed by atoms with Crippen molar-refractivity contribution in [2.24, 2.45) is 0 Å². The Morgan fingerprint density at radius 3 is 2.32 bits per heavy atom. The molecule has 3 nitrogen and oxygen atoms in total. The molecule has 0 fully saturated rings. The number of pyridine rings is 1. The second-order valence-corrected chi connectivity index (χ2v) is 5.07. The zero-order valence-electron chi connectivity index (χ0n) is 9.53. The molecular weight excluding hydrogens is 309 g/mol. The van der Waals surface area contributed by atoms with Crippen molar-refractivity contribution in [3.8, 4) is 11.1 Å². The number of carboxylic acids is 1. The lowest BCUT2D eigenvalue weighted by Gasteiger charge is -2.06. The molecule has 1 aromatic heterocycles. The Bertz CT molecular complexity index is 644. The summed E-state index contributed by atoms with van der Waals surface area (Å²) < 4.78 is 0. The number of benzene rings is 1. The molecule has 0 aliphatic heterocycles. The molecule has 0 saturated heterocycles. The fourth-order valence-corrected chi connectivity index (χ4v) is 2.10. The summed E-state index contributed by atoms with van der Waals surface area (Å²) >= 11 is 17.8. The highest BCUT2D eigenvalue weighted by molar-refractivity contribution is 6.42. The van der Waals surface area contributed by atoms with Crippen LogP contribution < -0.4 is 0 Å². The van der Waals surface area contributed by atoms with Gasteiger partial charge in [0.1, 0.15) is 0 Å². The largest absolute Gasteiger partial charge is 0.481 e. The van der Waals surface area contributed by atoms with Gasteiger partial charge < -0.3 is 5.11 Å². The number of aromatic nitrogens is 1. The monoisotopic (exact) mass is 315 g/mol. The Kier molecular flexibility index (Phi) is 4.30. The number of carboxylic acid groups (broad SMARTS) is 1. The molecule has 0 aliphatic carbocycles. The van der Waals surface area contributed by atoms with E-state index in [9.17, 15) is 4.79 Å². The third-order valence-electron chi connectivity index (χ3n) is 2.49. The maximum absolute atomic E-state index is 10.6. The summed E-state index contributed by atoms with van der Waals surface area (Å²) in [7, 11) is 0. The molecule has 0 amide bonds. The van der Waals surface area contributed by atoms with Crippen molar-refractivity contribution >= 4 is 40.8 Å². The normalized spacial score (nSPS) is 10.5. The lowest BCUT2D eigenvalue weighted by molar-refractivity contribution is -0.136. The number of nitrogens with zero attached hydrogens (tertiary/aromatic N) is 1. The van der Waals surface area contributed by atoms with Crippen molar-refractivity contribution in [3.63, 3.8) is 0 Å². The van der Waals surface area contributed by atoms with Gasteiger partial charge in [0.15, 0.2) is 0 Å². The van der Waals surface area contributed by atoms with Gasteiger partial charge in [0, 0.05) is 11.8 Å². The predicted octanol–water partition coefficient (Wildman–Crippen LogP) is 4.34. The van der Waals surface area contributed by atoms with E-state index >= 15 is 0 Å². The van der Waals surface area contributed by atoms with E-state index in [1.165, 1.54) is 0 Å². The van der Waals surface area contributed by atoms with Gasteiger partial charge >= 0.3 is 5.97 Å². The first-order chi connectivity index (χ1) is 8.97. The molecule has 1 N–H and O–H groups in total. The lowest BCUT2D eigenvalue weighted by atomic mass is 10.1. The zero-order chi connectivity index (χ0) is 14.0. The summed E-state index contributed by atoms with van der Waals surface area (Å²) in [4.78, 5) is 14.7. The zero-order valence-corrected chi connectivity index (χ0v) is 11.8. The second-order valence-electron chi connectivity index (χ2n) is 3.85. The number of hydrogen-bond acceptors (Lipinski definition) is 2. The molecule has 98 valence electrons. The Balaban J connectivity index is 2.38. The fraction of sp³-hybridized carbons (Fsp3) is 0.0769. The average molecular weight is 317 g/mol. The lowest BCUT2D eigenvalue weighted by Crippen LogP contribution is -2.03. The van der Waals surface area contributed by atoms with Crippen LogP contribution in [0.2, 0.25) is 15.1 Å². The van der Waals surface area contributed by atoms with E-state index in [2.05, 4.69) is 4.98 Å². The predicted molar refractivity (Wildman–Crippen MR) is 76.0 cm³/mol.